The van der Waals surface area contributed by atoms with Gasteiger partial charge in [0.05, 0.1) is 23.6 Å². The van der Waals surface area contributed by atoms with Crippen molar-refractivity contribution in [2.24, 2.45) is 0 Å². The van der Waals surface area contributed by atoms with E-state index in [1.807, 2.05) is 24.3 Å². The molecule has 0 radical (unpaired) electrons. The van der Waals surface area contributed by atoms with Crippen LogP contribution in [0.15, 0.2) is 158 Å². The van der Waals surface area contributed by atoms with Gasteiger partial charge in [0.25, 0.3) is 0 Å². The second-order valence-corrected chi connectivity index (χ2v) is 13.7. The van der Waals surface area contributed by atoms with Crippen LogP contribution in [0.4, 0.5) is 5.69 Å². The molecule has 0 fully saturated rings. The van der Waals surface area contributed by atoms with Crippen LogP contribution < -0.4 is 0 Å². The van der Waals surface area contributed by atoms with Gasteiger partial charge >= 0.3 is 0 Å². The van der Waals surface area contributed by atoms with Crippen LogP contribution in [0.25, 0.3) is 82.4 Å². The summed E-state index contributed by atoms with van der Waals surface area (Å²) in [5.74, 6) is 0. The Morgan fingerprint density at radius 2 is 1.04 bits per heavy atom. The highest BCUT2D eigenvalue weighted by Crippen LogP contribution is 2.67. The monoisotopic (exact) mass is 642 g/mol. The molecule has 11 rings (SSSR count). The zero-order valence-electron chi connectivity index (χ0n) is 27.4. The predicted octanol–water partition coefficient (Wildman–Crippen LogP) is 12.6. The fraction of sp³-hybridized carbons (Fsp3) is 0.0204. The Balaban J connectivity index is 1.30. The predicted molar refractivity (Wildman–Crippen MR) is 207 cm³/mol. The molecular weight excluding hydrogens is 617 g/mol. The highest BCUT2D eigenvalue weighted by molar-refractivity contribution is 6.21. The number of benzene rings is 8. The van der Waals surface area contributed by atoms with Gasteiger partial charge in [-0.3, -0.25) is 0 Å². The quantitative estimate of drug-likeness (QED) is 0.172. The van der Waals surface area contributed by atoms with E-state index < -0.39 is 5.41 Å². The molecule has 1 spiro atoms. The smallest absolute Gasteiger partial charge is 0.187 e. The van der Waals surface area contributed by atoms with E-state index >= 15 is 0 Å². The van der Waals surface area contributed by atoms with E-state index in [0.29, 0.717) is 11.3 Å². The van der Waals surface area contributed by atoms with E-state index in [-0.39, 0.29) is 0 Å². The van der Waals surface area contributed by atoms with Gasteiger partial charge in [-0.25, -0.2) is 4.85 Å². The molecule has 0 N–H and O–H groups in total. The van der Waals surface area contributed by atoms with Gasteiger partial charge in [-0.1, -0.05) is 146 Å². The zero-order valence-corrected chi connectivity index (χ0v) is 27.4. The van der Waals surface area contributed by atoms with Gasteiger partial charge in [-0.2, -0.15) is 5.26 Å². The minimum Gasteiger partial charge on any atom is -0.238 e. The molecule has 0 amide bonds. The van der Waals surface area contributed by atoms with Crippen molar-refractivity contribution in [2.75, 3.05) is 0 Å². The summed E-state index contributed by atoms with van der Waals surface area (Å²) >= 11 is 0. The second kappa shape index (κ2) is 10.0. The third-order valence-electron chi connectivity index (χ3n) is 11.5. The molecule has 3 aliphatic rings. The van der Waals surface area contributed by atoms with E-state index in [9.17, 15) is 5.26 Å². The SMILES string of the molecule is [C-]#[N+]c1ccc(-c2ccc(-c3c4c(cc5c3-c3ccccc3C53c5ccccc5-c5ccccc53)-c3cccc5cccc-4c35)cc2C#N)cc1. The molecule has 0 aliphatic heterocycles. The molecule has 8 aromatic carbocycles. The lowest BCUT2D eigenvalue weighted by molar-refractivity contribution is 0.794. The minimum absolute atomic E-state index is 0.492. The van der Waals surface area contributed by atoms with Gasteiger partial charge < -0.3 is 0 Å². The van der Waals surface area contributed by atoms with Gasteiger partial charge in [0.2, 0.25) is 0 Å². The first-order chi connectivity index (χ1) is 25.2. The largest absolute Gasteiger partial charge is 0.238 e. The molecule has 51 heavy (non-hydrogen) atoms. The Morgan fingerprint density at radius 3 is 1.71 bits per heavy atom. The summed E-state index contributed by atoms with van der Waals surface area (Å²) in [6.07, 6.45) is 0. The number of fused-ring (bicyclic) bond motifs is 13. The van der Waals surface area contributed by atoms with Crippen molar-refractivity contribution in [2.45, 2.75) is 5.41 Å². The lowest BCUT2D eigenvalue weighted by Crippen LogP contribution is -2.26. The van der Waals surface area contributed by atoms with Gasteiger partial charge in [0.15, 0.2) is 5.69 Å². The first kappa shape index (κ1) is 27.9. The number of hydrogen-bond donors (Lipinski definition) is 0. The van der Waals surface area contributed by atoms with Crippen molar-refractivity contribution in [1.82, 2.24) is 0 Å². The Morgan fingerprint density at radius 1 is 0.451 bits per heavy atom. The number of rotatable bonds is 2. The highest BCUT2D eigenvalue weighted by Gasteiger charge is 2.53. The number of nitrogens with zero attached hydrogens (tertiary/aromatic N) is 2. The Kier molecular flexibility index (Phi) is 5.48. The summed E-state index contributed by atoms with van der Waals surface area (Å²) in [6, 6.07) is 59.1. The van der Waals surface area contributed by atoms with Crippen molar-refractivity contribution < 1.29 is 0 Å². The van der Waals surface area contributed by atoms with Crippen LogP contribution in [0.3, 0.4) is 0 Å². The Labute approximate surface area is 296 Å². The van der Waals surface area contributed by atoms with Crippen LogP contribution in [0, 0.1) is 17.9 Å². The molecule has 0 heterocycles. The lowest BCUT2D eigenvalue weighted by atomic mass is 9.69. The van der Waals surface area contributed by atoms with E-state index in [2.05, 4.69) is 144 Å². The number of hydrogen-bond acceptors (Lipinski definition) is 1. The molecule has 3 aliphatic carbocycles. The second-order valence-electron chi connectivity index (χ2n) is 13.7. The van der Waals surface area contributed by atoms with E-state index in [1.54, 1.807) is 0 Å². The van der Waals surface area contributed by atoms with Gasteiger partial charge in [0, 0.05) is 0 Å². The summed E-state index contributed by atoms with van der Waals surface area (Å²) < 4.78 is 0. The van der Waals surface area contributed by atoms with E-state index in [4.69, 9.17) is 6.57 Å². The van der Waals surface area contributed by atoms with Crippen LogP contribution >= 0.6 is 0 Å². The molecule has 232 valence electrons. The summed E-state index contributed by atoms with van der Waals surface area (Å²) in [7, 11) is 0. The summed E-state index contributed by atoms with van der Waals surface area (Å²) in [5, 5.41) is 13.2. The molecule has 2 heteroatoms. The lowest BCUT2D eigenvalue weighted by Gasteiger charge is -2.31. The molecule has 0 saturated heterocycles. The van der Waals surface area contributed by atoms with E-state index in [0.717, 1.165) is 16.7 Å². The van der Waals surface area contributed by atoms with Crippen molar-refractivity contribution in [3.63, 3.8) is 0 Å². The maximum atomic E-state index is 10.6. The fourth-order valence-corrected chi connectivity index (χ4v) is 9.56. The molecule has 0 bridgehead atoms. The fourth-order valence-electron chi connectivity index (χ4n) is 9.56. The van der Waals surface area contributed by atoms with Crippen LogP contribution in [-0.4, -0.2) is 0 Å². The zero-order chi connectivity index (χ0) is 33.8. The highest BCUT2D eigenvalue weighted by atomic mass is 14.6. The molecule has 0 unspecified atom stereocenters. The summed E-state index contributed by atoms with van der Waals surface area (Å²) in [6.45, 7) is 7.40. The third kappa shape index (κ3) is 3.44. The van der Waals surface area contributed by atoms with Crippen molar-refractivity contribution >= 4 is 16.5 Å². The summed E-state index contributed by atoms with van der Waals surface area (Å²) in [4.78, 5) is 3.56. The molecule has 8 aromatic rings. The maximum absolute atomic E-state index is 10.6. The standard InChI is InChI=1S/C49H26N2/c1-51-33-23-20-29(21-24-33)34-25-22-31(26-32(34)28-50)46-47-39-16-9-11-30-10-8-15-37(45(30)39)40(47)27-44-48(46)38-14-4-7-19-43(38)49(44)41-17-5-2-12-35(41)36-13-3-6-18-42(36)49/h2-27H. The number of nitriles is 1. The minimum atomic E-state index is -0.492. The first-order valence-electron chi connectivity index (χ1n) is 17.3. The topological polar surface area (TPSA) is 28.1 Å². The van der Waals surface area contributed by atoms with Crippen molar-refractivity contribution in [3.8, 4) is 72.8 Å². The van der Waals surface area contributed by atoms with E-state index in [1.165, 1.54) is 83.1 Å². The third-order valence-corrected chi connectivity index (χ3v) is 11.5. The maximum Gasteiger partial charge on any atom is 0.187 e. The van der Waals surface area contributed by atoms with Crippen LogP contribution in [0.1, 0.15) is 27.8 Å². The van der Waals surface area contributed by atoms with Crippen LogP contribution in [0.2, 0.25) is 0 Å². The van der Waals surface area contributed by atoms with Gasteiger partial charge in [0.1, 0.15) is 0 Å². The Hall–Kier alpha value is -7.00. The average molecular weight is 643 g/mol. The Bertz CT molecular complexity index is 2880. The summed E-state index contributed by atoms with van der Waals surface area (Å²) in [5.41, 5.74) is 19.9. The molecular formula is C49H26N2. The van der Waals surface area contributed by atoms with Crippen molar-refractivity contribution in [1.29, 1.82) is 5.26 Å². The first-order valence-corrected chi connectivity index (χ1v) is 17.3. The van der Waals surface area contributed by atoms with Gasteiger partial charge in [-0.15, -0.1) is 0 Å². The molecule has 0 saturated carbocycles. The molecule has 2 nitrogen and oxygen atoms in total. The van der Waals surface area contributed by atoms with Gasteiger partial charge in [-0.05, 0) is 112 Å². The normalized spacial score (nSPS) is 13.2. The molecule has 0 aromatic heterocycles. The van der Waals surface area contributed by atoms with Crippen molar-refractivity contribution in [3.05, 3.63) is 197 Å². The van der Waals surface area contributed by atoms with Crippen LogP contribution in [-0.2, 0) is 5.41 Å². The van der Waals surface area contributed by atoms with Crippen LogP contribution in [0.5, 0.6) is 0 Å². The molecule has 0 atom stereocenters. The average Bonchev–Trinajstić information content (AvgIpc) is 3.80.